The van der Waals surface area contributed by atoms with Gasteiger partial charge < -0.3 is 10.2 Å². The summed E-state index contributed by atoms with van der Waals surface area (Å²) in [5, 5.41) is 7.98. The van der Waals surface area contributed by atoms with E-state index >= 15 is 0 Å². The highest BCUT2D eigenvalue weighted by Crippen LogP contribution is 2.33. The van der Waals surface area contributed by atoms with Crippen LogP contribution in [0.25, 0.3) is 0 Å². The quantitative estimate of drug-likeness (QED) is 0.925. The van der Waals surface area contributed by atoms with E-state index in [2.05, 4.69) is 40.6 Å². The molecule has 2 aliphatic heterocycles. The van der Waals surface area contributed by atoms with Gasteiger partial charge in [-0.15, -0.1) is 0 Å². The van der Waals surface area contributed by atoms with Crippen LogP contribution in [0.15, 0.2) is 24.5 Å². The fourth-order valence-corrected chi connectivity index (χ4v) is 3.95. The van der Waals surface area contributed by atoms with Crippen molar-refractivity contribution in [3.63, 3.8) is 0 Å². The number of nitrogens with zero attached hydrogens (tertiary/aromatic N) is 3. The first-order chi connectivity index (χ1) is 10.7. The van der Waals surface area contributed by atoms with E-state index in [1.54, 1.807) is 11.1 Å². The van der Waals surface area contributed by atoms with E-state index in [0.29, 0.717) is 6.04 Å². The van der Waals surface area contributed by atoms with Gasteiger partial charge in [-0.3, -0.25) is 4.68 Å². The third kappa shape index (κ3) is 2.41. The van der Waals surface area contributed by atoms with Crippen LogP contribution in [0.2, 0.25) is 0 Å². The number of nitrogens with one attached hydrogen (secondary N) is 1. The topological polar surface area (TPSA) is 33.1 Å². The summed E-state index contributed by atoms with van der Waals surface area (Å²) in [5.41, 5.74) is 7.26. The van der Waals surface area contributed by atoms with Crippen molar-refractivity contribution in [3.8, 4) is 0 Å². The van der Waals surface area contributed by atoms with Crippen molar-refractivity contribution in [3.05, 3.63) is 46.8 Å². The van der Waals surface area contributed by atoms with Crippen LogP contribution in [0.3, 0.4) is 0 Å². The van der Waals surface area contributed by atoms with Crippen LogP contribution in [0.4, 0.5) is 5.69 Å². The largest absolute Gasteiger partial charge is 0.364 e. The van der Waals surface area contributed by atoms with Gasteiger partial charge in [0, 0.05) is 32.4 Å². The van der Waals surface area contributed by atoms with Crippen molar-refractivity contribution in [1.82, 2.24) is 15.1 Å². The van der Waals surface area contributed by atoms with Gasteiger partial charge in [0.2, 0.25) is 0 Å². The molecule has 116 valence electrons. The van der Waals surface area contributed by atoms with Crippen LogP contribution < -0.4 is 10.2 Å². The van der Waals surface area contributed by atoms with Gasteiger partial charge in [0.1, 0.15) is 0 Å². The molecule has 4 heteroatoms. The zero-order valence-electron chi connectivity index (χ0n) is 13.5. The number of rotatable bonds is 2. The zero-order chi connectivity index (χ0) is 15.1. The molecule has 4 rings (SSSR count). The minimum atomic E-state index is 0.568. The summed E-state index contributed by atoms with van der Waals surface area (Å²) in [7, 11) is 1.98. The SMILES string of the molecule is Cc1cc2c(c([C@@H]3CCCN3)c1)CCN(c1cnn(C)c1)C2. The first-order valence-electron chi connectivity index (χ1n) is 8.30. The lowest BCUT2D eigenvalue weighted by molar-refractivity contribution is 0.625. The Balaban J connectivity index is 1.67. The Kier molecular flexibility index (Phi) is 3.41. The third-order valence-corrected chi connectivity index (χ3v) is 5.01. The molecule has 0 amide bonds. The van der Waals surface area contributed by atoms with E-state index in [1.807, 2.05) is 17.9 Å². The average molecular weight is 296 g/mol. The Morgan fingerprint density at radius 3 is 2.95 bits per heavy atom. The number of benzene rings is 1. The highest BCUT2D eigenvalue weighted by Gasteiger charge is 2.25. The van der Waals surface area contributed by atoms with E-state index in [0.717, 1.165) is 26.1 Å². The molecule has 22 heavy (non-hydrogen) atoms. The summed E-state index contributed by atoms with van der Waals surface area (Å²) in [6.45, 7) is 5.47. The minimum absolute atomic E-state index is 0.568. The Labute approximate surface area is 132 Å². The Bertz CT molecular complexity index is 682. The Morgan fingerprint density at radius 1 is 1.32 bits per heavy atom. The number of aryl methyl sites for hydroxylation is 2. The van der Waals surface area contributed by atoms with Gasteiger partial charge in [-0.05, 0) is 49.4 Å². The highest BCUT2D eigenvalue weighted by atomic mass is 15.3. The lowest BCUT2D eigenvalue weighted by atomic mass is 9.88. The van der Waals surface area contributed by atoms with E-state index < -0.39 is 0 Å². The standard InChI is InChI=1S/C18H24N4/c1-13-8-14-11-22(15-10-20-21(2)12-15)7-5-16(14)17(9-13)18-4-3-6-19-18/h8-10,12,18-19H,3-7,11H2,1-2H3/t18-/m0/s1. The van der Waals surface area contributed by atoms with Crippen molar-refractivity contribution in [1.29, 1.82) is 0 Å². The second-order valence-electron chi connectivity index (χ2n) is 6.68. The van der Waals surface area contributed by atoms with E-state index in [-0.39, 0.29) is 0 Å². The molecule has 1 aromatic carbocycles. The smallest absolute Gasteiger partial charge is 0.0755 e. The van der Waals surface area contributed by atoms with Gasteiger partial charge in [-0.2, -0.15) is 5.10 Å². The molecule has 4 nitrogen and oxygen atoms in total. The lowest BCUT2D eigenvalue weighted by Crippen LogP contribution is -2.31. The van der Waals surface area contributed by atoms with Gasteiger partial charge in [-0.1, -0.05) is 17.7 Å². The molecule has 1 N–H and O–H groups in total. The molecule has 1 fully saturated rings. The van der Waals surface area contributed by atoms with Crippen molar-refractivity contribution < 1.29 is 0 Å². The molecule has 1 saturated heterocycles. The van der Waals surface area contributed by atoms with Crippen molar-refractivity contribution in [2.45, 2.75) is 38.8 Å². The maximum Gasteiger partial charge on any atom is 0.0755 e. The predicted octanol–water partition coefficient (Wildman–Crippen LogP) is 2.72. The number of hydrogen-bond acceptors (Lipinski definition) is 3. The van der Waals surface area contributed by atoms with Gasteiger partial charge in [0.15, 0.2) is 0 Å². The van der Waals surface area contributed by atoms with Gasteiger partial charge in [0.05, 0.1) is 11.9 Å². The third-order valence-electron chi connectivity index (χ3n) is 5.01. The molecule has 2 aliphatic rings. The second kappa shape index (κ2) is 5.43. The fourth-order valence-electron chi connectivity index (χ4n) is 3.95. The molecule has 1 aromatic heterocycles. The zero-order valence-corrected chi connectivity index (χ0v) is 13.5. The van der Waals surface area contributed by atoms with E-state index in [4.69, 9.17) is 0 Å². The maximum atomic E-state index is 4.31. The van der Waals surface area contributed by atoms with Crippen molar-refractivity contribution >= 4 is 5.69 Å². The van der Waals surface area contributed by atoms with Crippen LogP contribution in [0.5, 0.6) is 0 Å². The van der Waals surface area contributed by atoms with Gasteiger partial charge >= 0.3 is 0 Å². The second-order valence-corrected chi connectivity index (χ2v) is 6.68. The maximum absolute atomic E-state index is 4.31. The van der Waals surface area contributed by atoms with Crippen LogP contribution >= 0.6 is 0 Å². The molecule has 0 spiro atoms. The first-order valence-corrected chi connectivity index (χ1v) is 8.30. The van der Waals surface area contributed by atoms with Crippen molar-refractivity contribution in [2.24, 2.45) is 7.05 Å². The highest BCUT2D eigenvalue weighted by molar-refractivity contribution is 5.50. The summed E-state index contributed by atoms with van der Waals surface area (Å²) in [6, 6.07) is 5.34. The Morgan fingerprint density at radius 2 is 2.23 bits per heavy atom. The normalized spacial score (nSPS) is 21.2. The monoisotopic (exact) mass is 296 g/mol. The molecule has 3 heterocycles. The van der Waals surface area contributed by atoms with Crippen molar-refractivity contribution in [2.75, 3.05) is 18.0 Å². The van der Waals surface area contributed by atoms with Crippen LogP contribution in [0, 0.1) is 6.92 Å². The molecule has 1 atom stereocenters. The van der Waals surface area contributed by atoms with Crippen LogP contribution in [0.1, 0.15) is 41.1 Å². The fraction of sp³-hybridized carbons (Fsp3) is 0.500. The summed E-state index contributed by atoms with van der Waals surface area (Å²) in [6.07, 6.45) is 7.80. The minimum Gasteiger partial charge on any atom is -0.364 e. The first kappa shape index (κ1) is 13.8. The molecule has 0 radical (unpaired) electrons. The summed E-state index contributed by atoms with van der Waals surface area (Å²) < 4.78 is 1.88. The summed E-state index contributed by atoms with van der Waals surface area (Å²) in [5.74, 6) is 0. The molecule has 0 bridgehead atoms. The lowest BCUT2D eigenvalue weighted by Gasteiger charge is -2.32. The average Bonchev–Trinajstić information content (AvgIpc) is 3.17. The number of hydrogen-bond donors (Lipinski definition) is 1. The number of aromatic nitrogens is 2. The molecule has 0 saturated carbocycles. The van der Waals surface area contributed by atoms with E-state index in [9.17, 15) is 0 Å². The van der Waals surface area contributed by atoms with Crippen LogP contribution in [-0.4, -0.2) is 22.9 Å². The molecule has 2 aromatic rings. The Hall–Kier alpha value is -1.81. The number of anilines is 1. The molecular weight excluding hydrogens is 272 g/mol. The van der Waals surface area contributed by atoms with E-state index in [1.165, 1.54) is 29.7 Å². The summed E-state index contributed by atoms with van der Waals surface area (Å²) in [4.78, 5) is 2.45. The number of fused-ring (bicyclic) bond motifs is 1. The summed E-state index contributed by atoms with van der Waals surface area (Å²) >= 11 is 0. The molecule has 0 aliphatic carbocycles. The van der Waals surface area contributed by atoms with Gasteiger partial charge in [-0.25, -0.2) is 0 Å². The van der Waals surface area contributed by atoms with Gasteiger partial charge in [0.25, 0.3) is 0 Å². The van der Waals surface area contributed by atoms with Crippen LogP contribution in [-0.2, 0) is 20.0 Å². The molecule has 0 unspecified atom stereocenters. The predicted molar refractivity (Wildman–Crippen MR) is 89.1 cm³/mol. The molecular formula is C18H24N4.